The molecule has 0 amide bonds. The first-order valence-electron chi connectivity index (χ1n) is 5.74. The lowest BCUT2D eigenvalue weighted by Crippen LogP contribution is -2.24. The van der Waals surface area contributed by atoms with Gasteiger partial charge in [0.25, 0.3) is 0 Å². The summed E-state index contributed by atoms with van der Waals surface area (Å²) in [4.78, 5) is 8.47. The van der Waals surface area contributed by atoms with Gasteiger partial charge in [0.15, 0.2) is 5.82 Å². The fourth-order valence-electron chi connectivity index (χ4n) is 2.13. The Morgan fingerprint density at radius 1 is 1.33 bits per heavy atom. The lowest BCUT2D eigenvalue weighted by molar-refractivity contribution is 0.242. The molecule has 0 radical (unpaired) electrons. The predicted molar refractivity (Wildman–Crippen MR) is 69.7 cm³/mol. The zero-order chi connectivity index (χ0) is 12.5. The van der Waals surface area contributed by atoms with Crippen molar-refractivity contribution in [2.45, 2.75) is 12.5 Å². The molecule has 4 nitrogen and oxygen atoms in total. The first-order valence-corrected chi connectivity index (χ1v) is 6.12. The molecule has 0 bridgehead atoms. The van der Waals surface area contributed by atoms with Crippen LogP contribution in [0, 0.1) is 0 Å². The Morgan fingerprint density at radius 3 is 2.83 bits per heavy atom. The second kappa shape index (κ2) is 4.55. The minimum Gasteiger partial charge on any atom is -0.488 e. The number of benzene rings is 1. The number of hydrogen-bond donors (Lipinski definition) is 1. The zero-order valence-corrected chi connectivity index (χ0v) is 10.4. The van der Waals surface area contributed by atoms with Gasteiger partial charge in [0.05, 0.1) is 5.56 Å². The van der Waals surface area contributed by atoms with Crippen LogP contribution in [0.25, 0.3) is 11.4 Å². The van der Waals surface area contributed by atoms with Gasteiger partial charge in [-0.25, -0.2) is 9.97 Å². The first-order chi connectivity index (χ1) is 8.78. The van der Waals surface area contributed by atoms with E-state index < -0.39 is 0 Å². The van der Waals surface area contributed by atoms with E-state index in [1.54, 1.807) is 18.5 Å². The van der Waals surface area contributed by atoms with Crippen LogP contribution in [0.15, 0.2) is 30.6 Å². The maximum Gasteiger partial charge on any atom is 0.162 e. The van der Waals surface area contributed by atoms with Crippen molar-refractivity contribution in [1.29, 1.82) is 0 Å². The van der Waals surface area contributed by atoms with Crippen molar-refractivity contribution < 1.29 is 4.74 Å². The molecule has 0 fully saturated rings. The number of fused-ring (bicyclic) bond motifs is 1. The van der Waals surface area contributed by atoms with Gasteiger partial charge in [0.1, 0.15) is 11.9 Å². The Kier molecular flexibility index (Phi) is 2.89. The Hall–Kier alpha value is -1.65. The van der Waals surface area contributed by atoms with Crippen LogP contribution in [-0.4, -0.2) is 22.6 Å². The highest BCUT2D eigenvalue weighted by atomic mass is 35.5. The van der Waals surface area contributed by atoms with Crippen LogP contribution < -0.4 is 10.5 Å². The van der Waals surface area contributed by atoms with Gasteiger partial charge in [-0.15, -0.1) is 0 Å². The minimum atomic E-state index is 0.0147. The van der Waals surface area contributed by atoms with Gasteiger partial charge in [-0.3, -0.25) is 0 Å². The molecule has 0 saturated carbocycles. The summed E-state index contributed by atoms with van der Waals surface area (Å²) in [6, 6.07) is 5.52. The van der Waals surface area contributed by atoms with Crippen molar-refractivity contribution in [3.05, 3.63) is 41.2 Å². The van der Waals surface area contributed by atoms with E-state index in [4.69, 9.17) is 22.1 Å². The summed E-state index contributed by atoms with van der Waals surface area (Å²) in [6.45, 7) is 0.487. The molecule has 18 heavy (non-hydrogen) atoms. The van der Waals surface area contributed by atoms with Crippen LogP contribution in [0.4, 0.5) is 0 Å². The van der Waals surface area contributed by atoms with E-state index in [0.717, 1.165) is 23.3 Å². The zero-order valence-electron chi connectivity index (χ0n) is 9.64. The van der Waals surface area contributed by atoms with Crippen LogP contribution in [0.1, 0.15) is 5.56 Å². The highest BCUT2D eigenvalue weighted by Crippen LogP contribution is 2.39. The summed E-state index contributed by atoms with van der Waals surface area (Å²) in [5.74, 6) is 1.43. The van der Waals surface area contributed by atoms with Gasteiger partial charge in [-0.05, 0) is 18.2 Å². The monoisotopic (exact) mass is 261 g/mol. The maximum atomic E-state index is 6.13. The second-order valence-electron chi connectivity index (χ2n) is 4.19. The molecular formula is C13H12ClN3O. The third-order valence-electron chi connectivity index (χ3n) is 2.93. The van der Waals surface area contributed by atoms with E-state index in [-0.39, 0.29) is 6.10 Å². The van der Waals surface area contributed by atoms with Crippen molar-refractivity contribution >= 4 is 11.6 Å². The molecule has 92 valence electrons. The Balaban J connectivity index is 2.12. The van der Waals surface area contributed by atoms with Gasteiger partial charge in [-0.2, -0.15) is 0 Å². The molecule has 3 rings (SSSR count). The van der Waals surface area contributed by atoms with Crippen molar-refractivity contribution in [2.24, 2.45) is 5.73 Å². The fourth-order valence-corrected chi connectivity index (χ4v) is 2.37. The molecule has 1 aliphatic heterocycles. The van der Waals surface area contributed by atoms with Crippen molar-refractivity contribution in [3.63, 3.8) is 0 Å². The molecule has 1 atom stereocenters. The van der Waals surface area contributed by atoms with Crippen LogP contribution in [0.3, 0.4) is 0 Å². The maximum absolute atomic E-state index is 6.13. The summed E-state index contributed by atoms with van der Waals surface area (Å²) in [7, 11) is 0. The third-order valence-corrected chi connectivity index (χ3v) is 3.15. The number of ether oxygens (including phenoxy) is 1. The van der Waals surface area contributed by atoms with E-state index in [1.165, 1.54) is 0 Å². The van der Waals surface area contributed by atoms with E-state index >= 15 is 0 Å². The Bertz CT molecular complexity index is 574. The Labute approximate surface area is 110 Å². The number of hydrogen-bond acceptors (Lipinski definition) is 4. The van der Waals surface area contributed by atoms with Gasteiger partial charge < -0.3 is 10.5 Å². The van der Waals surface area contributed by atoms with Crippen molar-refractivity contribution in [2.75, 3.05) is 6.54 Å². The third kappa shape index (κ3) is 1.94. The Morgan fingerprint density at radius 2 is 2.11 bits per heavy atom. The summed E-state index contributed by atoms with van der Waals surface area (Å²) >= 11 is 6.13. The fraction of sp³-hybridized carbons (Fsp3) is 0.231. The molecule has 2 heterocycles. The van der Waals surface area contributed by atoms with Crippen LogP contribution in [-0.2, 0) is 6.42 Å². The van der Waals surface area contributed by atoms with Crippen molar-refractivity contribution in [1.82, 2.24) is 9.97 Å². The molecule has 2 N–H and O–H groups in total. The largest absolute Gasteiger partial charge is 0.488 e. The van der Waals surface area contributed by atoms with Gasteiger partial charge in [0, 0.05) is 35.9 Å². The van der Waals surface area contributed by atoms with Crippen LogP contribution >= 0.6 is 11.6 Å². The SMILES string of the molecule is NC[C@H]1Cc2cc(Cl)cc(-c3ncccn3)c2O1. The molecule has 5 heteroatoms. The predicted octanol–water partition coefficient (Wildman–Crippen LogP) is 2.06. The molecule has 0 saturated heterocycles. The molecule has 0 unspecified atom stereocenters. The average Bonchev–Trinajstić information content (AvgIpc) is 2.81. The summed E-state index contributed by atoms with van der Waals surface area (Å²) in [5.41, 5.74) is 7.55. The summed E-state index contributed by atoms with van der Waals surface area (Å²) in [6.07, 6.45) is 4.20. The molecule has 2 aromatic rings. The smallest absolute Gasteiger partial charge is 0.162 e. The van der Waals surface area contributed by atoms with Gasteiger partial charge in [-0.1, -0.05) is 11.6 Å². The summed E-state index contributed by atoms with van der Waals surface area (Å²) < 4.78 is 5.83. The lowest BCUT2D eigenvalue weighted by Gasteiger charge is -2.10. The second-order valence-corrected chi connectivity index (χ2v) is 4.63. The van der Waals surface area contributed by atoms with E-state index in [9.17, 15) is 0 Å². The van der Waals surface area contributed by atoms with E-state index in [1.807, 2.05) is 12.1 Å². The number of rotatable bonds is 2. The highest BCUT2D eigenvalue weighted by Gasteiger charge is 2.26. The molecule has 1 aliphatic rings. The molecule has 1 aromatic carbocycles. The van der Waals surface area contributed by atoms with Crippen molar-refractivity contribution in [3.8, 4) is 17.1 Å². The lowest BCUT2D eigenvalue weighted by atomic mass is 10.1. The molecular weight excluding hydrogens is 250 g/mol. The van der Waals surface area contributed by atoms with Crippen LogP contribution in [0.2, 0.25) is 5.02 Å². The molecule has 1 aromatic heterocycles. The normalized spacial score (nSPS) is 17.3. The van der Waals surface area contributed by atoms with Gasteiger partial charge in [0.2, 0.25) is 0 Å². The summed E-state index contributed by atoms with van der Waals surface area (Å²) in [5, 5.41) is 0.664. The minimum absolute atomic E-state index is 0.0147. The highest BCUT2D eigenvalue weighted by molar-refractivity contribution is 6.31. The van der Waals surface area contributed by atoms with Gasteiger partial charge >= 0.3 is 0 Å². The standard InChI is InChI=1S/C13H12ClN3O/c14-9-4-8-5-10(7-15)18-12(8)11(6-9)13-16-2-1-3-17-13/h1-4,6,10H,5,7,15H2/t10-/m1/s1. The number of halogens is 1. The number of nitrogens with two attached hydrogens (primary N) is 1. The topological polar surface area (TPSA) is 61.0 Å². The van der Waals surface area contributed by atoms with Crippen LogP contribution in [0.5, 0.6) is 5.75 Å². The molecule has 0 spiro atoms. The first kappa shape index (κ1) is 11.4. The quantitative estimate of drug-likeness (QED) is 0.899. The van der Waals surface area contributed by atoms with E-state index in [0.29, 0.717) is 17.4 Å². The number of aromatic nitrogens is 2. The average molecular weight is 262 g/mol. The van der Waals surface area contributed by atoms with E-state index in [2.05, 4.69) is 9.97 Å². The molecule has 0 aliphatic carbocycles. The number of nitrogens with zero attached hydrogens (tertiary/aromatic N) is 2.